The van der Waals surface area contributed by atoms with Crippen molar-refractivity contribution in [1.82, 2.24) is 0 Å². The van der Waals surface area contributed by atoms with Gasteiger partial charge in [0.25, 0.3) is 0 Å². The number of benzene rings is 2. The Bertz CT molecular complexity index is 859. The van der Waals surface area contributed by atoms with Gasteiger partial charge in [0.1, 0.15) is 0 Å². The molecule has 2 rings (SSSR count). The summed E-state index contributed by atoms with van der Waals surface area (Å²) in [7, 11) is 0. The van der Waals surface area contributed by atoms with Crippen molar-refractivity contribution in [2.45, 2.75) is 69.2 Å². The molecule has 0 saturated heterocycles. The van der Waals surface area contributed by atoms with E-state index >= 15 is 0 Å². The minimum Gasteiger partial charge on any atom is -0.192 e. The van der Waals surface area contributed by atoms with Crippen molar-refractivity contribution >= 4 is 5.57 Å². The third-order valence-electron chi connectivity index (χ3n) is 4.08. The maximum absolute atomic E-state index is 9.62. The van der Waals surface area contributed by atoms with E-state index in [0.717, 1.165) is 27.8 Å². The summed E-state index contributed by atoms with van der Waals surface area (Å²) in [5, 5.41) is 9.62. The van der Waals surface area contributed by atoms with E-state index in [1.807, 2.05) is 79.7 Å². The highest BCUT2D eigenvalue weighted by Gasteiger charge is 2.17. The van der Waals surface area contributed by atoms with Crippen molar-refractivity contribution in [3.63, 3.8) is 0 Å². The summed E-state index contributed by atoms with van der Waals surface area (Å²) in [5.74, 6) is 0. The van der Waals surface area contributed by atoms with Crippen LogP contribution in [0.15, 0.2) is 77.9 Å². The van der Waals surface area contributed by atoms with Gasteiger partial charge in [0.2, 0.25) is 0 Å². The zero-order valence-corrected chi connectivity index (χ0v) is 20.9. The summed E-state index contributed by atoms with van der Waals surface area (Å²) in [6.45, 7) is 24.2. The summed E-state index contributed by atoms with van der Waals surface area (Å²) < 4.78 is 0. The van der Waals surface area contributed by atoms with Crippen molar-refractivity contribution in [2.24, 2.45) is 0 Å². The number of hydrogen-bond acceptors (Lipinski definition) is 1. The van der Waals surface area contributed by atoms with Crippen molar-refractivity contribution in [3.05, 3.63) is 100 Å². The lowest BCUT2D eigenvalue weighted by molar-refractivity contribution is 1.32. The van der Waals surface area contributed by atoms with Crippen LogP contribution in [0, 0.1) is 25.2 Å². The van der Waals surface area contributed by atoms with Gasteiger partial charge in [0.15, 0.2) is 0 Å². The van der Waals surface area contributed by atoms with Gasteiger partial charge in [-0.25, -0.2) is 0 Å². The molecule has 1 heteroatoms. The van der Waals surface area contributed by atoms with Gasteiger partial charge in [-0.1, -0.05) is 108 Å². The molecule has 0 unspecified atom stereocenters. The Morgan fingerprint density at radius 2 is 1.43 bits per heavy atom. The molecule has 0 atom stereocenters. The summed E-state index contributed by atoms with van der Waals surface area (Å²) >= 11 is 0. The van der Waals surface area contributed by atoms with E-state index in [1.165, 1.54) is 11.1 Å². The van der Waals surface area contributed by atoms with Gasteiger partial charge in [0.05, 0.1) is 11.6 Å². The number of allylic oxidation sites excluding steroid dienone is 4. The summed E-state index contributed by atoms with van der Waals surface area (Å²) in [6, 6.07) is 19.0. The first-order chi connectivity index (χ1) is 14.5. The largest absolute Gasteiger partial charge is 0.192 e. The summed E-state index contributed by atoms with van der Waals surface area (Å²) in [4.78, 5) is 0. The minimum absolute atomic E-state index is 0.655. The van der Waals surface area contributed by atoms with Gasteiger partial charge in [-0.2, -0.15) is 5.26 Å². The van der Waals surface area contributed by atoms with Gasteiger partial charge < -0.3 is 0 Å². The lowest BCUT2D eigenvalue weighted by atomic mass is 9.84. The molecule has 2 aromatic carbocycles. The lowest BCUT2D eigenvalue weighted by Gasteiger charge is -2.19. The molecule has 0 radical (unpaired) electrons. The SMILES string of the molecule is C=C(C)/C(C(C#N)=CC)=C(/c1ccccc1)c1cc(C)ccc1C.CC.CC.CC. The van der Waals surface area contributed by atoms with E-state index in [1.54, 1.807) is 0 Å². The third-order valence-corrected chi connectivity index (χ3v) is 4.08. The molecule has 0 aliphatic rings. The van der Waals surface area contributed by atoms with Crippen molar-refractivity contribution in [1.29, 1.82) is 5.26 Å². The smallest absolute Gasteiger partial charge is 0.0994 e. The normalized spacial score (nSPS) is 10.5. The van der Waals surface area contributed by atoms with Crippen LogP contribution in [0.4, 0.5) is 0 Å². The van der Waals surface area contributed by atoms with Crippen molar-refractivity contribution < 1.29 is 0 Å². The van der Waals surface area contributed by atoms with E-state index in [-0.39, 0.29) is 0 Å². The molecular formula is C29H41N. The summed E-state index contributed by atoms with van der Waals surface area (Å²) in [6.07, 6.45) is 1.86. The molecule has 1 nitrogen and oxygen atoms in total. The molecule has 0 amide bonds. The molecule has 0 aliphatic heterocycles. The molecule has 0 saturated carbocycles. The fraction of sp³-hybridized carbons (Fsp3) is 0.345. The van der Waals surface area contributed by atoms with E-state index in [0.29, 0.717) is 5.57 Å². The van der Waals surface area contributed by atoms with Gasteiger partial charge in [0, 0.05) is 5.57 Å². The first kappa shape index (κ1) is 29.4. The van der Waals surface area contributed by atoms with E-state index in [2.05, 4.69) is 56.8 Å². The monoisotopic (exact) mass is 403 g/mol. The van der Waals surface area contributed by atoms with Gasteiger partial charge in [-0.3, -0.25) is 0 Å². The molecule has 162 valence electrons. The zero-order chi connectivity index (χ0) is 23.7. The van der Waals surface area contributed by atoms with Crippen LogP contribution in [0.1, 0.15) is 77.6 Å². The van der Waals surface area contributed by atoms with Gasteiger partial charge in [-0.15, -0.1) is 0 Å². The van der Waals surface area contributed by atoms with Crippen LogP contribution in [0.25, 0.3) is 5.57 Å². The third kappa shape index (κ3) is 8.26. The Kier molecular flexibility index (Phi) is 16.7. The molecule has 0 heterocycles. The van der Waals surface area contributed by atoms with Gasteiger partial charge in [-0.05, 0) is 55.5 Å². The Balaban J connectivity index is 0. The quantitative estimate of drug-likeness (QED) is 0.368. The van der Waals surface area contributed by atoms with E-state index in [9.17, 15) is 5.26 Å². The Hall–Kier alpha value is -2.85. The molecule has 30 heavy (non-hydrogen) atoms. The number of hydrogen-bond donors (Lipinski definition) is 0. The number of nitriles is 1. The fourth-order valence-corrected chi connectivity index (χ4v) is 2.89. The lowest BCUT2D eigenvalue weighted by Crippen LogP contribution is -2.01. The van der Waals surface area contributed by atoms with Crippen LogP contribution in [-0.2, 0) is 0 Å². The molecule has 0 bridgehead atoms. The van der Waals surface area contributed by atoms with Crippen LogP contribution in [0.2, 0.25) is 0 Å². The number of rotatable bonds is 4. The number of nitrogens with zero attached hydrogens (tertiary/aromatic N) is 1. The molecule has 0 aliphatic carbocycles. The molecule has 0 N–H and O–H groups in total. The first-order valence-electron chi connectivity index (χ1n) is 11.1. The zero-order valence-electron chi connectivity index (χ0n) is 20.9. The number of aryl methyl sites for hydroxylation is 2. The Morgan fingerprint density at radius 1 is 0.900 bits per heavy atom. The molecule has 0 spiro atoms. The Labute approximate surface area is 186 Å². The van der Waals surface area contributed by atoms with Gasteiger partial charge >= 0.3 is 0 Å². The standard InChI is InChI=1S/C23H23N.3C2H6/c1-6-19(15-24)22(16(2)3)23(20-10-8-7-9-11-20)21-14-17(4)12-13-18(21)5;3*1-2/h6-14H,2H2,1,3-5H3;3*1-2H3/b19-6?,23-22+;;;. The minimum atomic E-state index is 0.655. The molecule has 2 aromatic rings. The average Bonchev–Trinajstić information content (AvgIpc) is 2.80. The van der Waals surface area contributed by atoms with E-state index in [4.69, 9.17) is 0 Å². The van der Waals surface area contributed by atoms with Crippen LogP contribution >= 0.6 is 0 Å². The highest BCUT2D eigenvalue weighted by molar-refractivity contribution is 5.89. The maximum Gasteiger partial charge on any atom is 0.0994 e. The topological polar surface area (TPSA) is 23.8 Å². The maximum atomic E-state index is 9.62. The highest BCUT2D eigenvalue weighted by atomic mass is 14.3. The highest BCUT2D eigenvalue weighted by Crippen LogP contribution is 2.35. The van der Waals surface area contributed by atoms with Crippen molar-refractivity contribution in [3.8, 4) is 6.07 Å². The van der Waals surface area contributed by atoms with Crippen molar-refractivity contribution in [2.75, 3.05) is 0 Å². The second-order valence-corrected chi connectivity index (χ2v) is 6.03. The second kappa shape index (κ2) is 17.0. The molecule has 0 aromatic heterocycles. The first-order valence-corrected chi connectivity index (χ1v) is 11.1. The molecular weight excluding hydrogens is 362 g/mol. The van der Waals surface area contributed by atoms with Crippen LogP contribution in [0.5, 0.6) is 0 Å². The van der Waals surface area contributed by atoms with Crippen LogP contribution in [-0.4, -0.2) is 0 Å². The summed E-state index contributed by atoms with van der Waals surface area (Å²) in [5.41, 5.74) is 8.16. The van der Waals surface area contributed by atoms with Crippen LogP contribution in [0.3, 0.4) is 0 Å². The van der Waals surface area contributed by atoms with E-state index < -0.39 is 0 Å². The fourth-order valence-electron chi connectivity index (χ4n) is 2.89. The average molecular weight is 404 g/mol. The van der Waals surface area contributed by atoms with Crippen LogP contribution < -0.4 is 0 Å². The molecule has 0 fully saturated rings. The predicted molar refractivity (Wildman–Crippen MR) is 137 cm³/mol. The Morgan fingerprint density at radius 3 is 1.87 bits per heavy atom. The predicted octanol–water partition coefficient (Wildman–Crippen LogP) is 9.23. The second-order valence-electron chi connectivity index (χ2n) is 6.03.